The van der Waals surface area contributed by atoms with Crippen molar-refractivity contribution in [3.63, 3.8) is 0 Å². The topological polar surface area (TPSA) is 144 Å². The largest absolute Gasteiger partial charge is 0.737 e. The smallest absolute Gasteiger partial charge is 0.226 e. The molecule has 3 heterocycles. The van der Waals surface area contributed by atoms with Crippen LogP contribution in [0.15, 0.2) is 5.28 Å². The van der Waals surface area contributed by atoms with E-state index in [9.17, 15) is 24.8 Å². The van der Waals surface area contributed by atoms with Crippen molar-refractivity contribution in [1.82, 2.24) is 19.7 Å². The Labute approximate surface area is 224 Å². The van der Waals surface area contributed by atoms with Crippen LogP contribution in [0.2, 0.25) is 0 Å². The molecule has 0 saturated carbocycles. The molecule has 3 aliphatic rings. The molecule has 0 N–H and O–H groups in total. The van der Waals surface area contributed by atoms with E-state index in [-0.39, 0.29) is 47.7 Å². The van der Waals surface area contributed by atoms with Gasteiger partial charge in [-0.2, -0.15) is 0 Å². The number of piperazine rings is 1. The Hall–Kier alpha value is -2.67. The van der Waals surface area contributed by atoms with Gasteiger partial charge in [0.1, 0.15) is 6.04 Å². The quantitative estimate of drug-likeness (QED) is 0.240. The molecule has 5 unspecified atom stereocenters. The Kier molecular flexibility index (Phi) is 11.0. The molecule has 38 heavy (non-hydrogen) atoms. The molecule has 3 aliphatic heterocycles. The first-order valence-corrected chi connectivity index (χ1v) is 13.8. The Morgan fingerprint density at radius 3 is 1.95 bits per heavy atom. The van der Waals surface area contributed by atoms with Crippen LogP contribution in [0, 0.1) is 28.2 Å². The van der Waals surface area contributed by atoms with Crippen LogP contribution in [0.1, 0.15) is 47.0 Å². The minimum atomic E-state index is -0.543. The van der Waals surface area contributed by atoms with Gasteiger partial charge in [0.2, 0.25) is 17.7 Å². The molecule has 216 valence electrons. The summed E-state index contributed by atoms with van der Waals surface area (Å²) in [5, 5.41) is 26.4. The summed E-state index contributed by atoms with van der Waals surface area (Å²) in [5.74, 6) is -1.41. The fraction of sp³-hybridized carbons (Fsp3) is 0.880. The summed E-state index contributed by atoms with van der Waals surface area (Å²) < 4.78 is 10.8. The van der Waals surface area contributed by atoms with Gasteiger partial charge in [-0.25, -0.2) is 0 Å². The third-order valence-corrected chi connectivity index (χ3v) is 7.99. The molecule has 3 fully saturated rings. The zero-order valence-corrected chi connectivity index (χ0v) is 23.1. The van der Waals surface area contributed by atoms with E-state index in [0.29, 0.717) is 71.9 Å². The fourth-order valence-corrected chi connectivity index (χ4v) is 5.68. The minimum Gasteiger partial charge on any atom is -0.737 e. The van der Waals surface area contributed by atoms with Crippen molar-refractivity contribution < 1.29 is 28.8 Å². The maximum Gasteiger partial charge on any atom is 0.226 e. The van der Waals surface area contributed by atoms with E-state index in [2.05, 4.69) is 5.28 Å². The number of ether oxygens (including phenoxy) is 2. The van der Waals surface area contributed by atoms with Crippen molar-refractivity contribution in [1.29, 1.82) is 0 Å². The SMILES string of the molecule is CCC(CC(CC(C)C(=O)N1CCOCC1)C(=O)N1CC(C)N(/[N+]([O-])=N/[O-])CC1C)C(=O)N1CCOCC1. The van der Waals surface area contributed by atoms with Crippen molar-refractivity contribution in [3.8, 4) is 0 Å². The van der Waals surface area contributed by atoms with E-state index in [1.807, 2.05) is 20.8 Å². The van der Waals surface area contributed by atoms with Gasteiger partial charge in [-0.15, -0.1) is 5.01 Å². The van der Waals surface area contributed by atoms with Crippen molar-refractivity contribution in [2.45, 2.75) is 59.0 Å². The highest BCUT2D eigenvalue weighted by Gasteiger charge is 2.40. The lowest BCUT2D eigenvalue weighted by atomic mass is 9.83. The molecule has 13 heteroatoms. The molecule has 0 aromatic rings. The molecule has 0 spiro atoms. The van der Waals surface area contributed by atoms with Crippen LogP contribution < -0.4 is 0 Å². The van der Waals surface area contributed by atoms with Crippen molar-refractivity contribution in [2.75, 3.05) is 65.7 Å². The van der Waals surface area contributed by atoms with Crippen molar-refractivity contribution in [2.24, 2.45) is 23.0 Å². The van der Waals surface area contributed by atoms with Crippen molar-refractivity contribution >= 4 is 17.7 Å². The van der Waals surface area contributed by atoms with Crippen LogP contribution in [-0.4, -0.2) is 120 Å². The second-order valence-electron chi connectivity index (χ2n) is 10.7. The molecule has 0 aromatic carbocycles. The molecular formula is C25H43N6O7-. The standard InChI is InChI=1S/C25H44N6O7/c1-5-21(24(33)28-8-12-38-13-9-28)15-22(14-18(2)23(32)27-6-10-37-11-7-27)25(34)29-16-20(4)30(17-19(29)3)31(36)26-35/h18-22,35H,5-17H2,1-4H3/p-1/b31-26-. The van der Waals surface area contributed by atoms with E-state index < -0.39 is 17.9 Å². The average molecular weight is 540 g/mol. The molecule has 0 radical (unpaired) electrons. The predicted octanol–water partition coefficient (Wildman–Crippen LogP) is 1.06. The summed E-state index contributed by atoms with van der Waals surface area (Å²) >= 11 is 0. The van der Waals surface area contributed by atoms with Crippen LogP contribution in [0.3, 0.4) is 0 Å². The highest BCUT2D eigenvalue weighted by atomic mass is 16.6. The average Bonchev–Trinajstić information content (AvgIpc) is 2.95. The molecule has 0 bridgehead atoms. The van der Waals surface area contributed by atoms with Gasteiger partial charge in [-0.3, -0.25) is 14.4 Å². The number of morpholine rings is 2. The second-order valence-corrected chi connectivity index (χ2v) is 10.7. The number of hydrogen-bond donors (Lipinski definition) is 0. The third-order valence-electron chi connectivity index (χ3n) is 7.99. The monoisotopic (exact) mass is 539 g/mol. The van der Waals surface area contributed by atoms with Gasteiger partial charge in [0.15, 0.2) is 0 Å². The zero-order chi connectivity index (χ0) is 27.8. The number of carbonyl (C=O) groups excluding carboxylic acids is 3. The Morgan fingerprint density at radius 2 is 1.42 bits per heavy atom. The molecule has 0 aliphatic carbocycles. The minimum absolute atomic E-state index is 0.0102. The van der Waals surface area contributed by atoms with Crippen LogP contribution in [0.25, 0.3) is 0 Å². The number of nitrogens with zero attached hydrogens (tertiary/aromatic N) is 6. The van der Waals surface area contributed by atoms with Gasteiger partial charge in [0, 0.05) is 55.4 Å². The van der Waals surface area contributed by atoms with E-state index in [1.54, 1.807) is 21.6 Å². The Bertz CT molecular complexity index is 846. The lowest BCUT2D eigenvalue weighted by molar-refractivity contribution is -0.701. The normalized spacial score (nSPS) is 25.6. The first-order chi connectivity index (χ1) is 18.2. The molecule has 0 aromatic heterocycles. The first kappa shape index (κ1) is 29.9. The summed E-state index contributed by atoms with van der Waals surface area (Å²) in [6, 6.07) is -0.755. The molecular weight excluding hydrogens is 496 g/mol. The maximum atomic E-state index is 14.0. The number of carbonyl (C=O) groups is 3. The third kappa shape index (κ3) is 7.25. The molecule has 13 nitrogen and oxygen atoms in total. The van der Waals surface area contributed by atoms with Crippen LogP contribution >= 0.6 is 0 Å². The summed E-state index contributed by atoms with van der Waals surface area (Å²) in [6.07, 6.45) is 1.26. The lowest BCUT2D eigenvalue weighted by Crippen LogP contribution is -2.60. The Morgan fingerprint density at radius 1 is 0.868 bits per heavy atom. The van der Waals surface area contributed by atoms with Gasteiger partial charge < -0.3 is 34.6 Å². The van der Waals surface area contributed by atoms with E-state index in [1.165, 1.54) is 5.01 Å². The molecule has 3 saturated heterocycles. The first-order valence-electron chi connectivity index (χ1n) is 13.8. The molecule has 3 amide bonds. The zero-order valence-electron chi connectivity index (χ0n) is 23.1. The van der Waals surface area contributed by atoms with E-state index >= 15 is 0 Å². The highest BCUT2D eigenvalue weighted by molar-refractivity contribution is 5.84. The fourth-order valence-electron chi connectivity index (χ4n) is 5.68. The van der Waals surface area contributed by atoms with Gasteiger partial charge in [0.25, 0.3) is 0 Å². The van der Waals surface area contributed by atoms with Crippen LogP contribution in [-0.2, 0) is 23.9 Å². The number of amides is 3. The van der Waals surface area contributed by atoms with Crippen LogP contribution in [0.4, 0.5) is 0 Å². The summed E-state index contributed by atoms with van der Waals surface area (Å²) in [6.45, 7) is 11.9. The maximum absolute atomic E-state index is 14.0. The summed E-state index contributed by atoms with van der Waals surface area (Å²) in [5.41, 5.74) is 0. The second kappa shape index (κ2) is 13.9. The molecule has 3 rings (SSSR count). The number of hydrogen-bond acceptors (Lipinski definition) is 8. The van der Waals surface area contributed by atoms with Gasteiger partial charge in [-0.1, -0.05) is 13.8 Å². The van der Waals surface area contributed by atoms with Gasteiger partial charge in [0.05, 0.1) is 39.0 Å². The molecule has 5 atom stereocenters. The van der Waals surface area contributed by atoms with Gasteiger partial charge >= 0.3 is 0 Å². The van der Waals surface area contributed by atoms with Crippen LogP contribution in [0.5, 0.6) is 0 Å². The number of rotatable bonds is 9. The van der Waals surface area contributed by atoms with E-state index in [4.69, 9.17) is 9.47 Å². The number of hydrazine groups is 1. The van der Waals surface area contributed by atoms with Crippen molar-refractivity contribution in [3.05, 3.63) is 10.4 Å². The lowest BCUT2D eigenvalue weighted by Gasteiger charge is -2.43. The summed E-state index contributed by atoms with van der Waals surface area (Å²) in [4.78, 5) is 46.0. The van der Waals surface area contributed by atoms with E-state index in [0.717, 1.165) is 0 Å². The Balaban J connectivity index is 1.78. The highest BCUT2D eigenvalue weighted by Crippen LogP contribution is 2.29. The predicted molar refractivity (Wildman–Crippen MR) is 137 cm³/mol. The van der Waals surface area contributed by atoms with Gasteiger partial charge in [-0.05, 0) is 38.4 Å². The summed E-state index contributed by atoms with van der Waals surface area (Å²) in [7, 11) is 0.